The number of aromatic nitrogens is 3. The molecule has 0 aromatic carbocycles. The van der Waals surface area contributed by atoms with Gasteiger partial charge in [-0.2, -0.15) is 10.2 Å². The molecule has 0 unspecified atom stereocenters. The molecule has 0 fully saturated rings. The standard InChI is InChI=1S/C8H5N5O/c9-3-5-1-2-6(11-4-5)7-12-8(10)13-14-7/h1-2,4H,(H2,10,13). The van der Waals surface area contributed by atoms with E-state index in [-0.39, 0.29) is 11.8 Å². The Hall–Kier alpha value is -2.42. The van der Waals surface area contributed by atoms with E-state index in [1.807, 2.05) is 6.07 Å². The average Bonchev–Trinajstić information content (AvgIpc) is 2.65. The Kier molecular flexibility index (Phi) is 1.84. The van der Waals surface area contributed by atoms with Gasteiger partial charge in [0.2, 0.25) is 0 Å². The Labute approximate surface area is 79.0 Å². The van der Waals surface area contributed by atoms with Crippen molar-refractivity contribution in [2.24, 2.45) is 0 Å². The van der Waals surface area contributed by atoms with Gasteiger partial charge in [0.15, 0.2) is 0 Å². The number of pyridine rings is 1. The zero-order valence-electron chi connectivity index (χ0n) is 7.01. The molecule has 0 aliphatic rings. The van der Waals surface area contributed by atoms with Crippen molar-refractivity contribution in [3.63, 3.8) is 0 Å². The molecule has 0 atom stereocenters. The lowest BCUT2D eigenvalue weighted by atomic mass is 10.3. The van der Waals surface area contributed by atoms with Crippen LogP contribution in [-0.2, 0) is 0 Å². The summed E-state index contributed by atoms with van der Waals surface area (Å²) in [6.07, 6.45) is 1.43. The van der Waals surface area contributed by atoms with E-state index in [9.17, 15) is 0 Å². The molecule has 6 nitrogen and oxygen atoms in total. The predicted octanol–water partition coefficient (Wildman–Crippen LogP) is 0.585. The molecule has 0 aliphatic heterocycles. The minimum absolute atomic E-state index is 0.0613. The highest BCUT2D eigenvalue weighted by molar-refractivity contribution is 5.48. The Morgan fingerprint density at radius 1 is 1.43 bits per heavy atom. The van der Waals surface area contributed by atoms with Crippen LogP contribution in [0.4, 0.5) is 5.95 Å². The third-order valence-corrected chi connectivity index (χ3v) is 1.55. The number of nitrogens with zero attached hydrogens (tertiary/aromatic N) is 4. The van der Waals surface area contributed by atoms with Crippen molar-refractivity contribution in [3.05, 3.63) is 23.9 Å². The van der Waals surface area contributed by atoms with Gasteiger partial charge < -0.3 is 10.3 Å². The fraction of sp³-hybridized carbons (Fsp3) is 0. The van der Waals surface area contributed by atoms with E-state index in [1.165, 1.54) is 6.20 Å². The summed E-state index contributed by atoms with van der Waals surface area (Å²) in [5.74, 6) is 0.304. The minimum atomic E-state index is 0.0613. The number of anilines is 1. The second-order valence-electron chi connectivity index (χ2n) is 2.50. The maximum atomic E-state index is 8.54. The molecule has 2 rings (SSSR count). The average molecular weight is 187 g/mol. The van der Waals surface area contributed by atoms with E-state index in [0.29, 0.717) is 11.3 Å². The number of hydrogen-bond donors (Lipinski definition) is 1. The van der Waals surface area contributed by atoms with Gasteiger partial charge in [0.25, 0.3) is 11.8 Å². The normalized spacial score (nSPS) is 9.64. The number of nitrogens with two attached hydrogens (primary N) is 1. The summed E-state index contributed by atoms with van der Waals surface area (Å²) in [7, 11) is 0. The maximum absolute atomic E-state index is 8.54. The molecule has 0 radical (unpaired) electrons. The van der Waals surface area contributed by atoms with Crippen molar-refractivity contribution in [1.29, 1.82) is 5.26 Å². The molecule has 0 aliphatic carbocycles. The predicted molar refractivity (Wildman–Crippen MR) is 46.7 cm³/mol. The first-order valence-corrected chi connectivity index (χ1v) is 3.75. The molecule has 0 saturated carbocycles. The molecule has 0 amide bonds. The fourth-order valence-electron chi connectivity index (χ4n) is 0.925. The van der Waals surface area contributed by atoms with Crippen LogP contribution >= 0.6 is 0 Å². The first kappa shape index (κ1) is 8.19. The van der Waals surface area contributed by atoms with Gasteiger partial charge in [-0.1, -0.05) is 0 Å². The third kappa shape index (κ3) is 1.38. The summed E-state index contributed by atoms with van der Waals surface area (Å²) in [6.45, 7) is 0. The lowest BCUT2D eigenvalue weighted by Gasteiger charge is -1.91. The molecular weight excluding hydrogens is 182 g/mol. The van der Waals surface area contributed by atoms with Crippen LogP contribution in [0.2, 0.25) is 0 Å². The topological polar surface area (TPSA) is 102 Å². The summed E-state index contributed by atoms with van der Waals surface area (Å²) in [5, 5.41) is 12.0. The molecule has 6 heteroatoms. The zero-order chi connectivity index (χ0) is 9.97. The molecule has 0 spiro atoms. The highest BCUT2D eigenvalue weighted by atomic mass is 16.5. The van der Waals surface area contributed by atoms with Crippen molar-refractivity contribution in [2.75, 3.05) is 5.73 Å². The van der Waals surface area contributed by atoms with Crippen LogP contribution in [0, 0.1) is 11.3 Å². The second-order valence-corrected chi connectivity index (χ2v) is 2.50. The molecule has 2 heterocycles. The van der Waals surface area contributed by atoms with E-state index in [4.69, 9.17) is 15.5 Å². The van der Waals surface area contributed by atoms with E-state index in [2.05, 4.69) is 15.1 Å². The van der Waals surface area contributed by atoms with Crippen LogP contribution in [0.5, 0.6) is 0 Å². The van der Waals surface area contributed by atoms with Gasteiger partial charge in [0.1, 0.15) is 11.8 Å². The largest absolute Gasteiger partial charge is 0.365 e. The first-order chi connectivity index (χ1) is 6.79. The number of hydrogen-bond acceptors (Lipinski definition) is 6. The van der Waals surface area contributed by atoms with Crippen LogP contribution in [-0.4, -0.2) is 15.1 Å². The van der Waals surface area contributed by atoms with Crippen LogP contribution < -0.4 is 5.73 Å². The van der Waals surface area contributed by atoms with Gasteiger partial charge in [-0.05, 0) is 17.3 Å². The van der Waals surface area contributed by atoms with Crippen LogP contribution in [0.1, 0.15) is 5.56 Å². The molecule has 0 bridgehead atoms. The van der Waals surface area contributed by atoms with Crippen LogP contribution in [0.15, 0.2) is 22.9 Å². The van der Waals surface area contributed by atoms with Gasteiger partial charge in [0, 0.05) is 6.20 Å². The van der Waals surface area contributed by atoms with Gasteiger partial charge >= 0.3 is 0 Å². The van der Waals surface area contributed by atoms with Crippen molar-refractivity contribution in [1.82, 2.24) is 15.1 Å². The van der Waals surface area contributed by atoms with Crippen molar-refractivity contribution in [3.8, 4) is 17.7 Å². The lowest BCUT2D eigenvalue weighted by molar-refractivity contribution is 0.431. The Balaban J connectivity index is 2.39. The Bertz CT molecular complexity index is 481. The SMILES string of the molecule is N#Cc1ccc(-c2nc(N)no2)nc1. The highest BCUT2D eigenvalue weighted by Crippen LogP contribution is 2.14. The second kappa shape index (κ2) is 3.14. The summed E-state index contributed by atoms with van der Waals surface area (Å²) >= 11 is 0. The molecule has 2 aromatic heterocycles. The molecule has 2 aromatic rings. The molecule has 14 heavy (non-hydrogen) atoms. The third-order valence-electron chi connectivity index (χ3n) is 1.55. The summed E-state index contributed by atoms with van der Waals surface area (Å²) in [4.78, 5) is 7.75. The van der Waals surface area contributed by atoms with Crippen molar-refractivity contribution in [2.45, 2.75) is 0 Å². The number of nitriles is 1. The fourth-order valence-corrected chi connectivity index (χ4v) is 0.925. The highest BCUT2D eigenvalue weighted by Gasteiger charge is 2.07. The van der Waals surface area contributed by atoms with E-state index >= 15 is 0 Å². The van der Waals surface area contributed by atoms with E-state index in [0.717, 1.165) is 0 Å². The van der Waals surface area contributed by atoms with Crippen molar-refractivity contribution < 1.29 is 4.52 Å². The van der Waals surface area contributed by atoms with Crippen LogP contribution in [0.3, 0.4) is 0 Å². The molecule has 0 saturated heterocycles. The maximum Gasteiger partial charge on any atom is 0.278 e. The summed E-state index contributed by atoms with van der Waals surface area (Å²) < 4.78 is 4.79. The van der Waals surface area contributed by atoms with E-state index < -0.39 is 0 Å². The summed E-state index contributed by atoms with van der Waals surface area (Å²) in [6, 6.07) is 5.19. The quantitative estimate of drug-likeness (QED) is 0.700. The van der Waals surface area contributed by atoms with Crippen molar-refractivity contribution >= 4 is 5.95 Å². The van der Waals surface area contributed by atoms with Crippen LogP contribution in [0.25, 0.3) is 11.6 Å². The zero-order valence-corrected chi connectivity index (χ0v) is 7.01. The Morgan fingerprint density at radius 3 is 2.79 bits per heavy atom. The van der Waals surface area contributed by atoms with Gasteiger partial charge in [-0.25, -0.2) is 4.98 Å². The lowest BCUT2D eigenvalue weighted by Crippen LogP contribution is -1.87. The van der Waals surface area contributed by atoms with Gasteiger partial charge in [-0.3, -0.25) is 0 Å². The smallest absolute Gasteiger partial charge is 0.278 e. The van der Waals surface area contributed by atoms with Gasteiger partial charge in [-0.15, -0.1) is 0 Å². The number of rotatable bonds is 1. The monoisotopic (exact) mass is 187 g/mol. The van der Waals surface area contributed by atoms with E-state index in [1.54, 1.807) is 12.1 Å². The number of nitrogen functional groups attached to an aromatic ring is 1. The molecule has 2 N–H and O–H groups in total. The van der Waals surface area contributed by atoms with Gasteiger partial charge in [0.05, 0.1) is 5.56 Å². The minimum Gasteiger partial charge on any atom is -0.365 e. The first-order valence-electron chi connectivity index (χ1n) is 3.75. The molecule has 68 valence electrons. The molecular formula is C8H5N5O. The summed E-state index contributed by atoms with van der Waals surface area (Å²) in [5.41, 5.74) is 6.24. The Morgan fingerprint density at radius 2 is 2.29 bits per heavy atom.